The minimum Gasteiger partial charge on any atom is -0.463 e. The molecule has 0 aromatic rings. The highest BCUT2D eigenvalue weighted by Crippen LogP contribution is 2.65. The lowest BCUT2D eigenvalue weighted by Crippen LogP contribution is -2.48. The van der Waals surface area contributed by atoms with Crippen LogP contribution in [0.25, 0.3) is 0 Å². The average Bonchev–Trinajstić information content (AvgIpc) is 3.03. The van der Waals surface area contributed by atoms with E-state index in [4.69, 9.17) is 4.74 Å². The zero-order valence-electron chi connectivity index (χ0n) is 18.4. The van der Waals surface area contributed by atoms with Crippen molar-refractivity contribution in [3.63, 3.8) is 0 Å². The molecule has 4 rings (SSSR count). The summed E-state index contributed by atoms with van der Waals surface area (Å²) in [6, 6.07) is 0. The lowest BCUT2D eigenvalue weighted by Gasteiger charge is -2.57. The quantitative estimate of drug-likeness (QED) is 0.261. The van der Waals surface area contributed by atoms with Gasteiger partial charge in [0, 0.05) is 6.92 Å². The van der Waals surface area contributed by atoms with Crippen molar-refractivity contribution >= 4 is 12.3 Å². The van der Waals surface area contributed by atoms with E-state index in [2.05, 4.69) is 39.0 Å². The van der Waals surface area contributed by atoms with Crippen LogP contribution >= 0.6 is 0 Å². The molecule has 0 amide bonds. The van der Waals surface area contributed by atoms with E-state index in [1.54, 1.807) is 11.6 Å². The molecule has 0 aromatic heterocycles. The van der Waals surface area contributed by atoms with Crippen LogP contribution in [0, 0.1) is 34.5 Å². The average molecular weight is 397 g/mol. The first kappa shape index (κ1) is 20.6. The third-order valence-electron chi connectivity index (χ3n) is 8.92. The number of rotatable bonds is 4. The first-order valence-corrected chi connectivity index (χ1v) is 11.5. The molecule has 0 unspecified atom stereocenters. The predicted molar refractivity (Wildman–Crippen MR) is 115 cm³/mol. The molecule has 4 aliphatic rings. The van der Waals surface area contributed by atoms with Gasteiger partial charge < -0.3 is 4.74 Å². The van der Waals surface area contributed by atoms with Gasteiger partial charge in [0.25, 0.3) is 0 Å². The van der Waals surface area contributed by atoms with E-state index in [1.807, 2.05) is 0 Å². The monoisotopic (exact) mass is 396 g/mol. The zero-order chi connectivity index (χ0) is 20.8. The summed E-state index contributed by atoms with van der Waals surface area (Å²) in [6.07, 6.45) is 17.7. The van der Waals surface area contributed by atoms with Crippen molar-refractivity contribution in [2.45, 2.75) is 78.7 Å². The van der Waals surface area contributed by atoms with Gasteiger partial charge in [-0.1, -0.05) is 50.1 Å². The third kappa shape index (κ3) is 3.35. The Hall–Kier alpha value is -1.64. The van der Waals surface area contributed by atoms with Gasteiger partial charge in [-0.05, 0) is 85.5 Å². The Balaban J connectivity index is 1.57. The maximum atomic E-state index is 11.4. The van der Waals surface area contributed by atoms with E-state index in [1.165, 1.54) is 31.8 Å². The lowest BCUT2D eigenvalue weighted by atomic mass is 9.48. The van der Waals surface area contributed by atoms with Gasteiger partial charge in [0.2, 0.25) is 0 Å². The van der Waals surface area contributed by atoms with E-state index >= 15 is 0 Å². The SMILES string of the molecule is CC(=O)O[C@@H]1CC[C@]2(C)C3=CC[C@]4(C)C([C@H](C)/C=C/C=O)=CC[C@H]4[C@@H]3CC[C@@H]2C1. The van der Waals surface area contributed by atoms with Gasteiger partial charge in [-0.2, -0.15) is 0 Å². The van der Waals surface area contributed by atoms with Gasteiger partial charge in [0.15, 0.2) is 0 Å². The Morgan fingerprint density at radius 2 is 2.00 bits per heavy atom. The Morgan fingerprint density at radius 3 is 2.72 bits per heavy atom. The van der Waals surface area contributed by atoms with Crippen molar-refractivity contribution in [3.8, 4) is 0 Å². The number of hydrogen-bond acceptors (Lipinski definition) is 3. The lowest BCUT2D eigenvalue weighted by molar-refractivity contribution is -0.151. The summed E-state index contributed by atoms with van der Waals surface area (Å²) in [4.78, 5) is 22.2. The van der Waals surface area contributed by atoms with Crippen LogP contribution in [0.3, 0.4) is 0 Å². The molecule has 7 atom stereocenters. The number of fused-ring (bicyclic) bond motifs is 5. The second kappa shape index (κ2) is 7.56. The summed E-state index contributed by atoms with van der Waals surface area (Å²) in [6.45, 7) is 8.71. The van der Waals surface area contributed by atoms with E-state index in [-0.39, 0.29) is 22.9 Å². The molecule has 3 nitrogen and oxygen atoms in total. The number of allylic oxidation sites excluding steroid dienone is 6. The van der Waals surface area contributed by atoms with Gasteiger partial charge in [-0.3, -0.25) is 9.59 Å². The molecule has 0 aromatic carbocycles. The first-order chi connectivity index (χ1) is 13.8. The minimum atomic E-state index is -0.137. The van der Waals surface area contributed by atoms with Crippen molar-refractivity contribution in [2.24, 2.45) is 34.5 Å². The van der Waals surface area contributed by atoms with Gasteiger partial charge >= 0.3 is 5.97 Å². The Bertz CT molecular complexity index is 775. The fourth-order valence-electron chi connectivity index (χ4n) is 7.46. The third-order valence-corrected chi connectivity index (χ3v) is 8.92. The van der Waals surface area contributed by atoms with Crippen LogP contribution in [0.4, 0.5) is 0 Å². The molecular formula is C26H36O3. The summed E-state index contributed by atoms with van der Waals surface area (Å²) in [5.41, 5.74) is 3.73. The van der Waals surface area contributed by atoms with Crippen LogP contribution in [0.1, 0.15) is 72.6 Å². The molecule has 0 spiro atoms. The van der Waals surface area contributed by atoms with E-state index in [9.17, 15) is 9.59 Å². The topological polar surface area (TPSA) is 43.4 Å². The molecule has 4 aliphatic carbocycles. The summed E-state index contributed by atoms with van der Waals surface area (Å²) < 4.78 is 5.58. The molecule has 0 aliphatic heterocycles. The number of carbonyl (C=O) groups is 2. The van der Waals surface area contributed by atoms with Crippen molar-refractivity contribution in [2.75, 3.05) is 0 Å². The van der Waals surface area contributed by atoms with Crippen LogP contribution in [-0.4, -0.2) is 18.4 Å². The summed E-state index contributed by atoms with van der Waals surface area (Å²) in [5.74, 6) is 2.19. The molecule has 0 bridgehead atoms. The molecule has 2 saturated carbocycles. The molecular weight excluding hydrogens is 360 g/mol. The van der Waals surface area contributed by atoms with E-state index in [0.29, 0.717) is 23.7 Å². The highest BCUT2D eigenvalue weighted by Gasteiger charge is 2.55. The highest BCUT2D eigenvalue weighted by atomic mass is 16.5. The van der Waals surface area contributed by atoms with E-state index in [0.717, 1.165) is 32.0 Å². The Kier molecular flexibility index (Phi) is 5.38. The molecule has 0 heterocycles. The number of carbonyl (C=O) groups excluding carboxylic acids is 2. The molecule has 29 heavy (non-hydrogen) atoms. The second-order valence-electron chi connectivity index (χ2n) is 10.4. The van der Waals surface area contributed by atoms with E-state index < -0.39 is 0 Å². The van der Waals surface area contributed by atoms with Crippen LogP contribution in [0.2, 0.25) is 0 Å². The first-order valence-electron chi connectivity index (χ1n) is 11.5. The van der Waals surface area contributed by atoms with Crippen molar-refractivity contribution < 1.29 is 14.3 Å². The normalized spacial score (nSPS) is 42.2. The van der Waals surface area contributed by atoms with Crippen molar-refractivity contribution in [1.29, 1.82) is 0 Å². The second-order valence-corrected chi connectivity index (χ2v) is 10.4. The molecule has 2 fully saturated rings. The molecule has 0 radical (unpaired) electrons. The van der Waals surface area contributed by atoms with Gasteiger partial charge in [0.05, 0.1) is 0 Å². The number of esters is 1. The van der Waals surface area contributed by atoms with Gasteiger partial charge in [-0.15, -0.1) is 0 Å². The summed E-state index contributed by atoms with van der Waals surface area (Å²) in [5, 5.41) is 0. The molecule has 158 valence electrons. The maximum Gasteiger partial charge on any atom is 0.302 e. The number of hydrogen-bond donors (Lipinski definition) is 0. The highest BCUT2D eigenvalue weighted by molar-refractivity contribution is 5.66. The fourth-order valence-corrected chi connectivity index (χ4v) is 7.46. The van der Waals surface area contributed by atoms with Crippen molar-refractivity contribution in [3.05, 3.63) is 35.5 Å². The standard InChI is InChI=1S/C26H36O3/c1-17(6-5-15-27)22-9-10-23-21-8-7-19-16-20(29-18(2)28)11-13-25(19,3)24(21)12-14-26(22,23)4/h5-6,9,12,15,17,19-21,23H,7-8,10-11,13-14,16H2,1-4H3/b6-5+/t17-,19-,20-,21+,23+,25+,26-/m1/s1. The zero-order valence-corrected chi connectivity index (χ0v) is 18.4. The Labute approximate surface area is 175 Å². The Morgan fingerprint density at radius 1 is 1.21 bits per heavy atom. The smallest absolute Gasteiger partial charge is 0.302 e. The van der Waals surface area contributed by atoms with Crippen LogP contribution in [-0.2, 0) is 14.3 Å². The minimum absolute atomic E-state index is 0.113. The summed E-state index contributed by atoms with van der Waals surface area (Å²) >= 11 is 0. The van der Waals surface area contributed by atoms with Crippen LogP contribution in [0.15, 0.2) is 35.5 Å². The van der Waals surface area contributed by atoms with Gasteiger partial charge in [-0.25, -0.2) is 0 Å². The molecule has 0 saturated heterocycles. The maximum absolute atomic E-state index is 11.4. The summed E-state index contributed by atoms with van der Waals surface area (Å²) in [7, 11) is 0. The van der Waals surface area contributed by atoms with Gasteiger partial charge in [0.1, 0.15) is 12.4 Å². The fraction of sp³-hybridized carbons (Fsp3) is 0.692. The molecule has 3 heteroatoms. The van der Waals surface area contributed by atoms with Crippen molar-refractivity contribution in [1.82, 2.24) is 0 Å². The number of ether oxygens (including phenoxy) is 1. The van der Waals surface area contributed by atoms with Crippen LogP contribution in [0.5, 0.6) is 0 Å². The van der Waals surface area contributed by atoms with Crippen LogP contribution < -0.4 is 0 Å². The molecule has 0 N–H and O–H groups in total. The largest absolute Gasteiger partial charge is 0.463 e. The number of aldehydes is 1. The predicted octanol–water partition coefficient (Wildman–Crippen LogP) is 5.81.